The number of azo groups is 1. The molecule has 0 atom stereocenters. The van der Waals surface area contributed by atoms with Gasteiger partial charge in [0.05, 0.1) is 11.4 Å². The number of rotatable bonds is 3. The fourth-order valence-corrected chi connectivity index (χ4v) is 1.47. The zero-order valence-corrected chi connectivity index (χ0v) is 10.1. The fraction of sp³-hybridized carbons (Fsp3) is 0. The van der Waals surface area contributed by atoms with Gasteiger partial charge in [0.2, 0.25) is 0 Å². The van der Waals surface area contributed by atoms with Crippen molar-refractivity contribution in [1.29, 1.82) is 0 Å². The van der Waals surface area contributed by atoms with Crippen molar-refractivity contribution in [3.8, 4) is 0 Å². The number of hydrogen-bond acceptors (Lipinski definition) is 3. The minimum atomic E-state index is 0.829. The summed E-state index contributed by atoms with van der Waals surface area (Å²) in [7, 11) is 0. The largest absolute Gasteiger partial charge is 0.322 e. The molecule has 0 radical (unpaired) electrons. The highest BCUT2D eigenvalue weighted by Gasteiger charge is 1.91. The van der Waals surface area contributed by atoms with E-state index in [9.17, 15) is 0 Å². The molecule has 16 heavy (non-hydrogen) atoms. The number of hydrogen-bond donors (Lipinski definition) is 1. The Hall–Kier alpha value is -1.68. The van der Waals surface area contributed by atoms with Gasteiger partial charge in [-0.25, -0.2) is 0 Å². The summed E-state index contributed by atoms with van der Waals surface area (Å²) in [5.74, 6) is 0. The predicted molar refractivity (Wildman–Crippen MR) is 69.6 cm³/mol. The quantitative estimate of drug-likeness (QED) is 0.633. The number of halogens is 1. The first-order chi connectivity index (χ1) is 7.88. The highest BCUT2D eigenvalue weighted by atomic mass is 79.9. The third-order valence-electron chi connectivity index (χ3n) is 2.01. The molecule has 0 saturated heterocycles. The summed E-state index contributed by atoms with van der Waals surface area (Å²) >= 11 is 3.15. The highest BCUT2D eigenvalue weighted by Crippen LogP contribution is 2.20. The van der Waals surface area contributed by atoms with E-state index in [0.29, 0.717) is 0 Å². The van der Waals surface area contributed by atoms with Crippen molar-refractivity contribution in [2.24, 2.45) is 10.2 Å². The summed E-state index contributed by atoms with van der Waals surface area (Å²) in [6.07, 6.45) is 0. The molecule has 0 saturated carbocycles. The smallest absolute Gasteiger partial charge is 0.0858 e. The van der Waals surface area contributed by atoms with Crippen LogP contribution in [0.2, 0.25) is 0 Å². The van der Waals surface area contributed by atoms with E-state index in [-0.39, 0.29) is 0 Å². The topological polar surface area (TPSA) is 36.8 Å². The van der Waals surface area contributed by atoms with E-state index in [4.69, 9.17) is 0 Å². The van der Waals surface area contributed by atoms with E-state index < -0.39 is 0 Å². The van der Waals surface area contributed by atoms with Gasteiger partial charge in [-0.3, -0.25) is 0 Å². The average molecular weight is 276 g/mol. The maximum atomic E-state index is 4.13. The van der Waals surface area contributed by atoms with E-state index in [2.05, 4.69) is 30.7 Å². The van der Waals surface area contributed by atoms with E-state index in [0.717, 1.165) is 17.1 Å². The first-order valence-corrected chi connectivity index (χ1v) is 5.61. The molecule has 2 rings (SSSR count). The van der Waals surface area contributed by atoms with E-state index in [1.807, 2.05) is 54.6 Å². The SMILES string of the molecule is BrNc1ccc(/N=N/c2ccccc2)cc1. The second kappa shape index (κ2) is 5.42. The van der Waals surface area contributed by atoms with Crippen LogP contribution in [0.5, 0.6) is 0 Å². The molecule has 0 aromatic heterocycles. The van der Waals surface area contributed by atoms with Gasteiger partial charge in [-0.05, 0) is 36.4 Å². The van der Waals surface area contributed by atoms with Crippen LogP contribution in [0.3, 0.4) is 0 Å². The van der Waals surface area contributed by atoms with Gasteiger partial charge in [0.15, 0.2) is 0 Å². The zero-order valence-electron chi connectivity index (χ0n) is 8.47. The fourth-order valence-electron chi connectivity index (χ4n) is 1.20. The lowest BCUT2D eigenvalue weighted by Crippen LogP contribution is -1.75. The second-order valence-electron chi connectivity index (χ2n) is 3.18. The maximum Gasteiger partial charge on any atom is 0.0858 e. The molecule has 0 fully saturated rings. The minimum Gasteiger partial charge on any atom is -0.322 e. The molecule has 0 spiro atoms. The Kier molecular flexibility index (Phi) is 3.66. The van der Waals surface area contributed by atoms with Crippen molar-refractivity contribution in [1.82, 2.24) is 0 Å². The lowest BCUT2D eigenvalue weighted by atomic mass is 10.3. The van der Waals surface area contributed by atoms with Gasteiger partial charge >= 0.3 is 0 Å². The average Bonchev–Trinajstić information content (AvgIpc) is 2.38. The third kappa shape index (κ3) is 2.90. The highest BCUT2D eigenvalue weighted by molar-refractivity contribution is 9.10. The molecule has 0 aliphatic heterocycles. The Balaban J connectivity index is 2.12. The van der Waals surface area contributed by atoms with Gasteiger partial charge in [0.1, 0.15) is 0 Å². The normalized spacial score (nSPS) is 10.6. The summed E-state index contributed by atoms with van der Waals surface area (Å²) in [5.41, 5.74) is 2.67. The third-order valence-corrected chi connectivity index (χ3v) is 2.47. The standard InChI is InChI=1S/C12H10BrN3/c13-14-10-6-8-12(9-7-10)16-15-11-4-2-1-3-5-11/h1-9,14H/b16-15+. The summed E-state index contributed by atoms with van der Waals surface area (Å²) < 4.78 is 2.87. The summed E-state index contributed by atoms with van der Waals surface area (Å²) in [6.45, 7) is 0. The molecule has 0 amide bonds. The zero-order chi connectivity index (χ0) is 11.2. The molecule has 0 heterocycles. The Morgan fingerprint density at radius 3 is 1.88 bits per heavy atom. The molecule has 4 heteroatoms. The van der Waals surface area contributed by atoms with Gasteiger partial charge in [-0.1, -0.05) is 18.2 Å². The molecule has 0 aliphatic rings. The van der Waals surface area contributed by atoms with Crippen LogP contribution in [-0.2, 0) is 0 Å². The molecule has 2 aromatic carbocycles. The van der Waals surface area contributed by atoms with E-state index in [1.165, 1.54) is 0 Å². The number of benzene rings is 2. The van der Waals surface area contributed by atoms with Gasteiger partial charge in [-0.15, -0.1) is 0 Å². The van der Waals surface area contributed by atoms with Crippen molar-refractivity contribution < 1.29 is 0 Å². The van der Waals surface area contributed by atoms with Crippen molar-refractivity contribution >= 4 is 33.2 Å². The first-order valence-electron chi connectivity index (χ1n) is 4.82. The van der Waals surface area contributed by atoms with Crippen LogP contribution >= 0.6 is 16.1 Å². The van der Waals surface area contributed by atoms with Gasteiger partial charge < -0.3 is 4.34 Å². The monoisotopic (exact) mass is 275 g/mol. The molecule has 2 aromatic rings. The van der Waals surface area contributed by atoms with E-state index in [1.54, 1.807) is 0 Å². The van der Waals surface area contributed by atoms with Crippen molar-refractivity contribution in [3.63, 3.8) is 0 Å². The van der Waals surface area contributed by atoms with Crippen molar-refractivity contribution in [2.45, 2.75) is 0 Å². The first kappa shape index (κ1) is 10.8. The number of nitrogens with zero attached hydrogens (tertiary/aromatic N) is 2. The minimum absolute atomic E-state index is 0.829. The summed E-state index contributed by atoms with van der Waals surface area (Å²) in [4.78, 5) is 0. The van der Waals surface area contributed by atoms with Gasteiger partial charge in [0, 0.05) is 21.8 Å². The van der Waals surface area contributed by atoms with Crippen LogP contribution in [0.15, 0.2) is 64.8 Å². The van der Waals surface area contributed by atoms with Crippen LogP contribution in [0.4, 0.5) is 17.1 Å². The Morgan fingerprint density at radius 2 is 1.31 bits per heavy atom. The van der Waals surface area contributed by atoms with E-state index >= 15 is 0 Å². The molecule has 0 unspecified atom stereocenters. The molecular formula is C12H10BrN3. The lowest BCUT2D eigenvalue weighted by molar-refractivity contribution is 1.23. The number of anilines is 1. The van der Waals surface area contributed by atoms with Crippen LogP contribution in [0, 0.1) is 0 Å². The van der Waals surface area contributed by atoms with Gasteiger partial charge in [-0.2, -0.15) is 10.2 Å². The summed E-state index contributed by atoms with van der Waals surface area (Å²) in [6, 6.07) is 17.3. The van der Waals surface area contributed by atoms with Gasteiger partial charge in [0.25, 0.3) is 0 Å². The second-order valence-corrected chi connectivity index (χ2v) is 3.57. The molecule has 3 nitrogen and oxygen atoms in total. The Bertz CT molecular complexity index is 465. The van der Waals surface area contributed by atoms with Crippen LogP contribution in [0.1, 0.15) is 0 Å². The summed E-state index contributed by atoms with van der Waals surface area (Å²) in [5, 5.41) is 8.26. The Morgan fingerprint density at radius 1 is 0.750 bits per heavy atom. The van der Waals surface area contributed by atoms with Crippen LogP contribution < -0.4 is 4.34 Å². The van der Waals surface area contributed by atoms with Crippen LogP contribution in [0.25, 0.3) is 0 Å². The lowest BCUT2D eigenvalue weighted by Gasteiger charge is -1.97. The van der Waals surface area contributed by atoms with Crippen LogP contribution in [-0.4, -0.2) is 0 Å². The predicted octanol–water partition coefficient (Wildman–Crippen LogP) is 4.82. The molecule has 80 valence electrons. The Labute approximate surface area is 103 Å². The maximum absolute atomic E-state index is 4.13. The van der Waals surface area contributed by atoms with Crippen molar-refractivity contribution in [2.75, 3.05) is 4.34 Å². The molecule has 0 aliphatic carbocycles. The van der Waals surface area contributed by atoms with Crippen molar-refractivity contribution in [3.05, 3.63) is 54.6 Å². The molecule has 1 N–H and O–H groups in total. The molecular weight excluding hydrogens is 266 g/mol. The molecule has 0 bridgehead atoms. The number of nitrogens with one attached hydrogen (secondary N) is 1.